The smallest absolute Gasteiger partial charge is 0.224 e. The number of carbonyl (C=O) groups excluding carboxylic acids is 1. The van der Waals surface area contributed by atoms with Crippen LogP contribution in [0.25, 0.3) is 0 Å². The minimum absolute atomic E-state index is 0. The molecule has 0 radical (unpaired) electrons. The summed E-state index contributed by atoms with van der Waals surface area (Å²) in [5.74, 6) is 0.995. The average molecular weight is 381 g/mol. The summed E-state index contributed by atoms with van der Waals surface area (Å²) in [7, 11) is 3.11. The van der Waals surface area contributed by atoms with Gasteiger partial charge in [0.25, 0.3) is 0 Å². The standard InChI is InChI=1S/C19H24N2O4.ClH/c1-19(2,18(23)14-7-9-20-10-8-14)21-17(22)12-13-5-6-15(24-3)16(11-13)25-4;/h5-11,18,23H,12H2,1-4H3,(H,21,22);1H. The van der Waals surface area contributed by atoms with Gasteiger partial charge >= 0.3 is 0 Å². The molecule has 0 aliphatic rings. The third kappa shape index (κ3) is 5.34. The first-order valence-electron chi connectivity index (χ1n) is 7.97. The summed E-state index contributed by atoms with van der Waals surface area (Å²) in [5.41, 5.74) is 0.672. The molecule has 0 saturated heterocycles. The van der Waals surface area contributed by atoms with Crippen LogP contribution in [-0.2, 0) is 11.2 Å². The number of ether oxygens (including phenoxy) is 2. The van der Waals surface area contributed by atoms with E-state index in [1.807, 2.05) is 6.07 Å². The predicted molar refractivity (Wildman–Crippen MR) is 102 cm³/mol. The zero-order valence-corrected chi connectivity index (χ0v) is 16.2. The van der Waals surface area contributed by atoms with E-state index < -0.39 is 11.6 Å². The van der Waals surface area contributed by atoms with Crippen LogP contribution in [0, 0.1) is 0 Å². The first-order chi connectivity index (χ1) is 11.9. The Morgan fingerprint density at radius 1 is 1.15 bits per heavy atom. The summed E-state index contributed by atoms with van der Waals surface area (Å²) in [6.07, 6.45) is 2.55. The Hall–Kier alpha value is -2.31. The Balaban J connectivity index is 0.00000338. The van der Waals surface area contributed by atoms with Crippen LogP contribution in [0.15, 0.2) is 42.7 Å². The van der Waals surface area contributed by atoms with Gasteiger partial charge in [-0.25, -0.2) is 0 Å². The zero-order chi connectivity index (χ0) is 18.4. The number of halogens is 1. The molecule has 142 valence electrons. The number of amides is 1. The number of methoxy groups -OCH3 is 2. The molecular weight excluding hydrogens is 356 g/mol. The fraction of sp³-hybridized carbons (Fsp3) is 0.368. The van der Waals surface area contributed by atoms with Crippen molar-refractivity contribution < 1.29 is 19.4 Å². The molecule has 7 heteroatoms. The van der Waals surface area contributed by atoms with Crippen molar-refractivity contribution >= 4 is 18.3 Å². The summed E-state index contributed by atoms with van der Waals surface area (Å²) in [6.45, 7) is 3.56. The number of aliphatic hydroxyl groups is 1. The molecule has 1 atom stereocenters. The first-order valence-corrected chi connectivity index (χ1v) is 7.97. The van der Waals surface area contributed by atoms with Crippen molar-refractivity contribution in [3.8, 4) is 11.5 Å². The van der Waals surface area contributed by atoms with Gasteiger partial charge in [0.15, 0.2) is 11.5 Å². The van der Waals surface area contributed by atoms with E-state index in [-0.39, 0.29) is 24.7 Å². The van der Waals surface area contributed by atoms with Crippen molar-refractivity contribution in [2.45, 2.75) is 31.9 Å². The van der Waals surface area contributed by atoms with Gasteiger partial charge in [0.05, 0.1) is 26.2 Å². The number of nitrogens with one attached hydrogen (secondary N) is 1. The van der Waals surface area contributed by atoms with E-state index in [4.69, 9.17) is 9.47 Å². The summed E-state index contributed by atoms with van der Waals surface area (Å²) < 4.78 is 10.4. The second-order valence-electron chi connectivity index (χ2n) is 6.32. The zero-order valence-electron chi connectivity index (χ0n) is 15.4. The van der Waals surface area contributed by atoms with E-state index >= 15 is 0 Å². The minimum Gasteiger partial charge on any atom is -0.493 e. The molecule has 2 N–H and O–H groups in total. The molecule has 0 spiro atoms. The van der Waals surface area contributed by atoms with E-state index in [0.29, 0.717) is 17.1 Å². The average Bonchev–Trinajstić information content (AvgIpc) is 2.61. The van der Waals surface area contributed by atoms with Gasteiger partial charge in [-0.15, -0.1) is 12.4 Å². The lowest BCUT2D eigenvalue weighted by molar-refractivity contribution is -0.123. The molecule has 0 aliphatic carbocycles. The number of nitrogens with zero attached hydrogens (tertiary/aromatic N) is 1. The predicted octanol–water partition coefficient (Wildman–Crippen LogP) is 2.69. The van der Waals surface area contributed by atoms with Crippen molar-refractivity contribution in [2.24, 2.45) is 0 Å². The third-order valence-electron chi connectivity index (χ3n) is 3.98. The van der Waals surface area contributed by atoms with Gasteiger partial charge in [0, 0.05) is 12.4 Å². The van der Waals surface area contributed by atoms with E-state index in [1.54, 1.807) is 64.7 Å². The number of carbonyl (C=O) groups is 1. The fourth-order valence-electron chi connectivity index (χ4n) is 2.61. The molecule has 1 amide bonds. The Labute approximate surface area is 160 Å². The molecule has 1 heterocycles. The van der Waals surface area contributed by atoms with E-state index in [2.05, 4.69) is 10.3 Å². The second kappa shape index (κ2) is 9.40. The van der Waals surface area contributed by atoms with Crippen LogP contribution in [0.2, 0.25) is 0 Å². The third-order valence-corrected chi connectivity index (χ3v) is 3.98. The summed E-state index contributed by atoms with van der Waals surface area (Å²) in [5, 5.41) is 13.4. The summed E-state index contributed by atoms with van der Waals surface area (Å²) in [4.78, 5) is 16.3. The van der Waals surface area contributed by atoms with Crippen LogP contribution in [0.4, 0.5) is 0 Å². The van der Waals surface area contributed by atoms with Gasteiger partial charge in [-0.1, -0.05) is 6.07 Å². The highest BCUT2D eigenvalue weighted by Gasteiger charge is 2.30. The number of pyridine rings is 1. The van der Waals surface area contributed by atoms with Gasteiger partial charge in [0.1, 0.15) is 6.10 Å². The van der Waals surface area contributed by atoms with Crippen molar-refractivity contribution in [3.63, 3.8) is 0 Å². The number of hydrogen-bond acceptors (Lipinski definition) is 5. The minimum atomic E-state index is -0.843. The maximum absolute atomic E-state index is 12.4. The Morgan fingerprint density at radius 3 is 2.35 bits per heavy atom. The lowest BCUT2D eigenvalue weighted by Gasteiger charge is -2.32. The van der Waals surface area contributed by atoms with Crippen LogP contribution in [-0.4, -0.2) is 35.8 Å². The first kappa shape index (κ1) is 21.7. The maximum atomic E-state index is 12.4. The van der Waals surface area contributed by atoms with Gasteiger partial charge in [-0.2, -0.15) is 0 Å². The Kier molecular flexibility index (Phi) is 7.86. The molecule has 1 aromatic heterocycles. The number of benzene rings is 1. The maximum Gasteiger partial charge on any atom is 0.224 e. The highest BCUT2D eigenvalue weighted by Crippen LogP contribution is 2.28. The summed E-state index contributed by atoms with van der Waals surface area (Å²) in [6, 6.07) is 8.80. The van der Waals surface area contributed by atoms with E-state index in [0.717, 1.165) is 5.56 Å². The SMILES string of the molecule is COc1ccc(CC(=O)NC(C)(C)C(O)c2ccncc2)cc1OC.Cl. The molecule has 26 heavy (non-hydrogen) atoms. The topological polar surface area (TPSA) is 80.7 Å². The number of aliphatic hydroxyl groups excluding tert-OH is 1. The van der Waals surface area contributed by atoms with Gasteiger partial charge in [-0.05, 0) is 49.2 Å². The monoisotopic (exact) mass is 380 g/mol. The highest BCUT2D eigenvalue weighted by molar-refractivity contribution is 5.85. The molecule has 2 aromatic rings. The molecule has 2 rings (SSSR count). The number of aromatic nitrogens is 1. The van der Waals surface area contributed by atoms with Crippen molar-refractivity contribution in [1.29, 1.82) is 0 Å². The van der Waals surface area contributed by atoms with Gasteiger partial charge in [0.2, 0.25) is 5.91 Å². The number of hydrogen-bond donors (Lipinski definition) is 2. The van der Waals surface area contributed by atoms with Crippen molar-refractivity contribution in [2.75, 3.05) is 14.2 Å². The van der Waals surface area contributed by atoms with Crippen LogP contribution < -0.4 is 14.8 Å². The quantitative estimate of drug-likeness (QED) is 0.771. The molecule has 1 aromatic carbocycles. The van der Waals surface area contributed by atoms with Crippen LogP contribution in [0.3, 0.4) is 0 Å². The van der Waals surface area contributed by atoms with Crippen LogP contribution >= 0.6 is 12.4 Å². The van der Waals surface area contributed by atoms with Gasteiger partial charge in [-0.3, -0.25) is 9.78 Å². The lowest BCUT2D eigenvalue weighted by Crippen LogP contribution is -2.48. The molecule has 0 bridgehead atoms. The van der Waals surface area contributed by atoms with Crippen LogP contribution in [0.5, 0.6) is 11.5 Å². The molecule has 0 aliphatic heterocycles. The fourth-order valence-corrected chi connectivity index (χ4v) is 2.61. The lowest BCUT2D eigenvalue weighted by atomic mass is 9.91. The van der Waals surface area contributed by atoms with E-state index in [1.165, 1.54) is 0 Å². The molecular formula is C19H25ClN2O4. The van der Waals surface area contributed by atoms with Crippen LogP contribution in [0.1, 0.15) is 31.1 Å². The molecule has 1 unspecified atom stereocenters. The van der Waals surface area contributed by atoms with Crippen molar-refractivity contribution in [3.05, 3.63) is 53.9 Å². The van der Waals surface area contributed by atoms with E-state index in [9.17, 15) is 9.90 Å². The highest BCUT2D eigenvalue weighted by atomic mass is 35.5. The summed E-state index contributed by atoms with van der Waals surface area (Å²) >= 11 is 0. The van der Waals surface area contributed by atoms with Crippen molar-refractivity contribution in [1.82, 2.24) is 10.3 Å². The Morgan fingerprint density at radius 2 is 1.77 bits per heavy atom. The van der Waals surface area contributed by atoms with Gasteiger partial charge < -0.3 is 19.9 Å². The normalized spacial score (nSPS) is 11.9. The molecule has 0 saturated carbocycles. The molecule has 6 nitrogen and oxygen atoms in total. The number of rotatable bonds is 7. The Bertz CT molecular complexity index is 723. The largest absolute Gasteiger partial charge is 0.493 e. The second-order valence-corrected chi connectivity index (χ2v) is 6.32. The molecule has 0 fully saturated rings.